The predicted molar refractivity (Wildman–Crippen MR) is 483 cm³/mol. The lowest BCUT2D eigenvalue weighted by Crippen LogP contribution is -2.00. The monoisotopic (exact) mass is 1490 g/mol. The van der Waals surface area contributed by atoms with Crippen LogP contribution in [0.1, 0.15) is 0 Å². The average molecular weight is 1490 g/mol. The first-order valence-corrected chi connectivity index (χ1v) is 40.1. The minimum absolute atomic E-state index is 0.640. The van der Waals surface area contributed by atoms with Crippen molar-refractivity contribution >= 4 is 106 Å². The van der Waals surface area contributed by atoms with Crippen LogP contribution in [0.5, 0.6) is 0 Å². The van der Waals surface area contributed by atoms with E-state index in [1.165, 1.54) is 134 Å². The highest BCUT2D eigenvalue weighted by atomic mass is 32.1. The van der Waals surface area contributed by atoms with Gasteiger partial charge in [-0.1, -0.05) is 358 Å². The van der Waals surface area contributed by atoms with Crippen LogP contribution in [0.25, 0.3) is 218 Å². The van der Waals surface area contributed by atoms with Crippen molar-refractivity contribution in [3.05, 3.63) is 406 Å². The Kier molecular flexibility index (Phi) is 17.3. The van der Waals surface area contributed by atoms with Crippen molar-refractivity contribution in [2.24, 2.45) is 0 Å². The van der Waals surface area contributed by atoms with Gasteiger partial charge in [-0.2, -0.15) is 0 Å². The maximum atomic E-state index is 5.11. The van der Waals surface area contributed by atoms with E-state index in [-0.39, 0.29) is 0 Å². The van der Waals surface area contributed by atoms with Crippen LogP contribution >= 0.6 is 22.7 Å². The van der Waals surface area contributed by atoms with Gasteiger partial charge in [0, 0.05) is 73.7 Å². The third kappa shape index (κ3) is 12.8. The zero-order valence-electron chi connectivity index (χ0n) is 61.7. The fourth-order valence-electron chi connectivity index (χ4n) is 16.3. The first kappa shape index (κ1) is 67.6. The number of fused-ring (bicyclic) bond motifs is 12. The van der Waals surface area contributed by atoms with Gasteiger partial charge in [0.2, 0.25) is 0 Å². The van der Waals surface area contributed by atoms with Crippen LogP contribution in [0.3, 0.4) is 0 Å². The summed E-state index contributed by atoms with van der Waals surface area (Å²) >= 11 is 3.71. The molecule has 22 rings (SSSR count). The molecule has 5 nitrogen and oxygen atoms in total. The maximum absolute atomic E-state index is 5.11. The Morgan fingerprint density at radius 2 is 0.456 bits per heavy atom. The summed E-state index contributed by atoms with van der Waals surface area (Å²) in [6.45, 7) is 0. The largest absolute Gasteiger partial charge is 0.228 e. The van der Waals surface area contributed by atoms with E-state index >= 15 is 0 Å². The van der Waals surface area contributed by atoms with Crippen LogP contribution in [-0.2, 0) is 0 Å². The summed E-state index contributed by atoms with van der Waals surface area (Å²) in [6.07, 6.45) is 0. The Morgan fingerprint density at radius 1 is 0.149 bits per heavy atom. The molecule has 0 saturated heterocycles. The van der Waals surface area contributed by atoms with Crippen LogP contribution in [0.15, 0.2) is 406 Å². The Morgan fingerprint density at radius 3 is 0.930 bits per heavy atom. The SMILES string of the molecule is c1ccc(-c2nc(-c3ccc(-c4ccc(-c5ccc6sc7ccccc7c6c5)cc4)cc3)nc(-c3ccc(-c4cc5ccccc5c5ccccc45)cc3)n2)cc1.c1ccc(-c2nc(-c3ccc(-c4ccc(-c5cccc6sc7ccccc7c56)cc4)cc3)cc(-c3ccc(-c4cc5ccccc5c5ccccc45)cc3)n2)cc1. The molecule has 0 aliphatic rings. The van der Waals surface area contributed by atoms with Gasteiger partial charge in [0.1, 0.15) is 0 Å². The molecule has 4 aromatic heterocycles. The van der Waals surface area contributed by atoms with Crippen LogP contribution in [0.4, 0.5) is 0 Å². The second-order valence-corrected chi connectivity index (χ2v) is 31.1. The summed E-state index contributed by atoms with van der Waals surface area (Å²) in [5.41, 5.74) is 22.0. The molecule has 532 valence electrons. The molecule has 0 fully saturated rings. The molecule has 7 heteroatoms. The lowest BCUT2D eigenvalue weighted by atomic mass is 9.92. The topological polar surface area (TPSA) is 64.5 Å². The Bertz CT molecular complexity index is 7410. The maximum Gasteiger partial charge on any atom is 0.164 e. The third-order valence-electron chi connectivity index (χ3n) is 22.1. The number of hydrogen-bond acceptors (Lipinski definition) is 7. The first-order chi connectivity index (χ1) is 56.4. The number of hydrogen-bond donors (Lipinski definition) is 0. The van der Waals surface area contributed by atoms with Gasteiger partial charge in [-0.05, 0) is 158 Å². The third-order valence-corrected chi connectivity index (χ3v) is 24.4. The molecular formula is C107H67N5S2. The second-order valence-electron chi connectivity index (χ2n) is 28.9. The lowest BCUT2D eigenvalue weighted by molar-refractivity contribution is 1.07. The molecule has 0 atom stereocenters. The minimum Gasteiger partial charge on any atom is -0.228 e. The lowest BCUT2D eigenvalue weighted by Gasteiger charge is -2.13. The fraction of sp³-hybridized carbons (Fsp3) is 0. The molecular weight excluding hydrogens is 1420 g/mol. The van der Waals surface area contributed by atoms with E-state index in [1.54, 1.807) is 0 Å². The fourth-order valence-corrected chi connectivity index (χ4v) is 18.5. The molecule has 0 amide bonds. The van der Waals surface area contributed by atoms with Crippen LogP contribution in [-0.4, -0.2) is 24.9 Å². The van der Waals surface area contributed by atoms with Crippen molar-refractivity contribution in [2.45, 2.75) is 0 Å². The predicted octanol–water partition coefficient (Wildman–Crippen LogP) is 29.7. The van der Waals surface area contributed by atoms with E-state index in [1.807, 2.05) is 71.2 Å². The Labute approximate surface area is 667 Å². The summed E-state index contributed by atoms with van der Waals surface area (Å²) in [4.78, 5) is 25.3. The summed E-state index contributed by atoms with van der Waals surface area (Å²) in [6, 6.07) is 145. The van der Waals surface area contributed by atoms with Gasteiger partial charge >= 0.3 is 0 Å². The van der Waals surface area contributed by atoms with Crippen molar-refractivity contribution in [3.63, 3.8) is 0 Å². The van der Waals surface area contributed by atoms with E-state index in [2.05, 4.69) is 358 Å². The molecule has 0 radical (unpaired) electrons. The van der Waals surface area contributed by atoms with Crippen molar-refractivity contribution in [3.8, 4) is 135 Å². The van der Waals surface area contributed by atoms with Crippen molar-refractivity contribution < 1.29 is 0 Å². The van der Waals surface area contributed by atoms with Crippen molar-refractivity contribution in [2.75, 3.05) is 0 Å². The van der Waals surface area contributed by atoms with Crippen molar-refractivity contribution in [1.29, 1.82) is 0 Å². The van der Waals surface area contributed by atoms with Crippen LogP contribution in [0.2, 0.25) is 0 Å². The molecule has 0 aliphatic heterocycles. The van der Waals surface area contributed by atoms with Gasteiger partial charge in [0.15, 0.2) is 23.3 Å². The number of thiophene rings is 2. The zero-order valence-corrected chi connectivity index (χ0v) is 63.4. The van der Waals surface area contributed by atoms with E-state index in [4.69, 9.17) is 24.9 Å². The number of aromatic nitrogens is 5. The quantitative estimate of drug-likeness (QED) is 0.114. The highest BCUT2D eigenvalue weighted by Gasteiger charge is 2.19. The highest BCUT2D eigenvalue weighted by molar-refractivity contribution is 7.26. The summed E-state index contributed by atoms with van der Waals surface area (Å²) in [7, 11) is 0. The molecule has 0 unspecified atom stereocenters. The summed E-state index contributed by atoms with van der Waals surface area (Å²) in [5, 5.41) is 15.3. The minimum atomic E-state index is 0.640. The summed E-state index contributed by atoms with van der Waals surface area (Å²) < 4.78 is 5.30. The molecule has 0 bridgehead atoms. The van der Waals surface area contributed by atoms with Gasteiger partial charge in [0.05, 0.1) is 11.4 Å². The molecule has 0 spiro atoms. The Hall–Kier alpha value is -14.5. The van der Waals surface area contributed by atoms with Crippen LogP contribution in [0, 0.1) is 0 Å². The smallest absolute Gasteiger partial charge is 0.164 e. The molecule has 0 N–H and O–H groups in total. The van der Waals surface area contributed by atoms with E-state index in [0.717, 1.165) is 61.5 Å². The molecule has 0 saturated carbocycles. The molecule has 4 heterocycles. The molecule has 114 heavy (non-hydrogen) atoms. The number of benzene rings is 18. The average Bonchev–Trinajstić information content (AvgIpc) is 1.02. The van der Waals surface area contributed by atoms with Gasteiger partial charge < -0.3 is 0 Å². The molecule has 18 aromatic carbocycles. The standard InChI is InChI=1S/C54H34N2S.C53H33N3S/c1-2-11-41(12-3-1)54-55-49(34-50(56-54)40-31-27-38(28-32-40)48-33-42-13-4-5-14-43(42)45-15-6-7-16-46(45)48)39-29-23-36(24-30-39)35-21-25-37(26-22-35)44-18-10-20-52-53(44)47-17-8-9-19-51(47)57-52;1-2-10-38(11-3-1)51-54-52(56-53(55-51)40-28-24-37(25-29-40)47-33-42-12-4-5-13-43(42)44-14-6-7-15-45(44)47)39-26-22-35(23-27-39)34-18-20-36(21-19-34)41-30-31-50-48(32-41)46-16-8-9-17-49(46)57-50/h1-34H;1-33H. The zero-order chi connectivity index (χ0) is 75.4. The van der Waals surface area contributed by atoms with Crippen LogP contribution < -0.4 is 0 Å². The van der Waals surface area contributed by atoms with E-state index in [9.17, 15) is 0 Å². The number of nitrogens with zero attached hydrogens (tertiary/aromatic N) is 5. The van der Waals surface area contributed by atoms with E-state index in [0.29, 0.717) is 23.3 Å². The van der Waals surface area contributed by atoms with Gasteiger partial charge in [-0.25, -0.2) is 24.9 Å². The first-order valence-electron chi connectivity index (χ1n) is 38.5. The Balaban J connectivity index is 0.000000143. The molecule has 22 aromatic rings. The number of rotatable bonds is 12. The normalized spacial score (nSPS) is 11.5. The van der Waals surface area contributed by atoms with Crippen molar-refractivity contribution in [1.82, 2.24) is 24.9 Å². The van der Waals surface area contributed by atoms with Gasteiger partial charge in [0.25, 0.3) is 0 Å². The molecule has 0 aliphatic carbocycles. The van der Waals surface area contributed by atoms with E-state index < -0.39 is 0 Å². The summed E-state index contributed by atoms with van der Waals surface area (Å²) in [5.74, 6) is 2.64. The van der Waals surface area contributed by atoms with Gasteiger partial charge in [-0.3, -0.25) is 0 Å². The van der Waals surface area contributed by atoms with Gasteiger partial charge in [-0.15, -0.1) is 22.7 Å². The second kappa shape index (κ2) is 29.1. The highest BCUT2D eigenvalue weighted by Crippen LogP contribution is 2.44.